The molecule has 2 atom stereocenters. The Morgan fingerprint density at radius 2 is 1.72 bits per heavy atom. The van der Waals surface area contributed by atoms with E-state index in [1.165, 1.54) is 17.7 Å². The normalized spacial score (nSPS) is 19.0. The molecule has 1 fully saturated rings. The molecule has 1 amide bonds. The minimum atomic E-state index is -0.318. The predicted octanol–water partition coefficient (Wildman–Crippen LogP) is 5.20. The fourth-order valence-electron chi connectivity index (χ4n) is 4.48. The molecule has 2 unspecified atom stereocenters. The Morgan fingerprint density at radius 3 is 2.47 bits per heavy atom. The molecule has 1 saturated heterocycles. The number of nitrogens with one attached hydrogen (secondary N) is 1. The topological polar surface area (TPSA) is 32.3 Å². The number of rotatable bonds is 6. The summed E-state index contributed by atoms with van der Waals surface area (Å²) in [6.07, 6.45) is 0.680. The molecule has 166 valence electrons. The van der Waals surface area contributed by atoms with Crippen LogP contribution in [0.2, 0.25) is 0 Å². The molecule has 0 saturated carbocycles. The van der Waals surface area contributed by atoms with Crippen molar-refractivity contribution in [3.63, 3.8) is 0 Å². The predicted molar refractivity (Wildman–Crippen MR) is 122 cm³/mol. The van der Waals surface area contributed by atoms with Gasteiger partial charge in [0.05, 0.1) is 5.92 Å². The Morgan fingerprint density at radius 1 is 0.969 bits per heavy atom. The summed E-state index contributed by atoms with van der Waals surface area (Å²) in [6.45, 7) is 4.11. The fraction of sp³-hybridized carbons (Fsp3) is 0.296. The molecule has 0 spiro atoms. The van der Waals surface area contributed by atoms with Crippen LogP contribution in [-0.4, -0.2) is 23.9 Å². The summed E-state index contributed by atoms with van der Waals surface area (Å²) in [5.74, 6) is -0.716. The number of hydrogen-bond donors (Lipinski definition) is 1. The summed E-state index contributed by atoms with van der Waals surface area (Å²) in [5.41, 5.74) is 3.33. The van der Waals surface area contributed by atoms with Crippen LogP contribution in [0, 0.1) is 24.5 Å². The fourth-order valence-corrected chi connectivity index (χ4v) is 4.48. The molecule has 3 nitrogen and oxygen atoms in total. The molecule has 0 radical (unpaired) electrons. The Kier molecular flexibility index (Phi) is 6.96. The molecular weight excluding hydrogens is 406 g/mol. The molecule has 3 aromatic carbocycles. The minimum absolute atomic E-state index is 0.0742. The van der Waals surface area contributed by atoms with Gasteiger partial charge in [-0.15, -0.1) is 0 Å². The zero-order valence-corrected chi connectivity index (χ0v) is 18.2. The van der Waals surface area contributed by atoms with Crippen LogP contribution in [0.25, 0.3) is 0 Å². The zero-order chi connectivity index (χ0) is 22.5. The summed E-state index contributed by atoms with van der Waals surface area (Å²) in [5, 5.41) is 2.92. The van der Waals surface area contributed by atoms with Gasteiger partial charge in [-0.25, -0.2) is 8.78 Å². The van der Waals surface area contributed by atoms with E-state index in [4.69, 9.17) is 0 Å². The Labute approximate surface area is 188 Å². The number of halogens is 2. The molecule has 1 aliphatic rings. The average molecular weight is 435 g/mol. The Bertz CT molecular complexity index is 1070. The second-order valence-electron chi connectivity index (χ2n) is 8.63. The number of hydrogen-bond acceptors (Lipinski definition) is 2. The second kappa shape index (κ2) is 10.0. The molecule has 3 aromatic rings. The van der Waals surface area contributed by atoms with Crippen LogP contribution in [0.5, 0.6) is 0 Å². The van der Waals surface area contributed by atoms with Gasteiger partial charge < -0.3 is 5.32 Å². The van der Waals surface area contributed by atoms with E-state index in [9.17, 15) is 13.6 Å². The second-order valence-corrected chi connectivity index (χ2v) is 8.63. The lowest BCUT2D eigenvalue weighted by Crippen LogP contribution is -2.45. The smallest absolute Gasteiger partial charge is 0.224 e. The number of piperidine rings is 1. The zero-order valence-electron chi connectivity index (χ0n) is 18.2. The van der Waals surface area contributed by atoms with E-state index in [1.807, 2.05) is 30.3 Å². The quantitative estimate of drug-likeness (QED) is 0.579. The first-order chi connectivity index (χ1) is 15.5. The first-order valence-electron chi connectivity index (χ1n) is 11.0. The van der Waals surface area contributed by atoms with Crippen molar-refractivity contribution in [1.29, 1.82) is 0 Å². The number of amides is 1. The third-order valence-corrected chi connectivity index (χ3v) is 6.21. The van der Waals surface area contributed by atoms with Crippen molar-refractivity contribution < 1.29 is 13.6 Å². The maximum Gasteiger partial charge on any atom is 0.224 e. The average Bonchev–Trinajstić information content (AvgIpc) is 2.80. The molecule has 1 heterocycles. The van der Waals surface area contributed by atoms with Gasteiger partial charge in [0.25, 0.3) is 0 Å². The van der Waals surface area contributed by atoms with E-state index in [2.05, 4.69) is 22.3 Å². The third-order valence-electron chi connectivity index (χ3n) is 6.21. The first kappa shape index (κ1) is 22.2. The van der Waals surface area contributed by atoms with Crippen molar-refractivity contribution in [2.75, 3.05) is 13.1 Å². The third kappa shape index (κ3) is 5.40. The summed E-state index contributed by atoms with van der Waals surface area (Å²) in [4.78, 5) is 15.3. The Hall–Kier alpha value is -3.05. The van der Waals surface area contributed by atoms with Gasteiger partial charge in [-0.2, -0.15) is 0 Å². The number of carbonyl (C=O) groups is 1. The first-order valence-corrected chi connectivity index (χ1v) is 11.0. The van der Waals surface area contributed by atoms with Crippen LogP contribution < -0.4 is 5.32 Å². The summed E-state index contributed by atoms with van der Waals surface area (Å²) < 4.78 is 27.8. The highest BCUT2D eigenvalue weighted by molar-refractivity contribution is 5.79. The van der Waals surface area contributed by atoms with E-state index in [-0.39, 0.29) is 35.9 Å². The van der Waals surface area contributed by atoms with Crippen molar-refractivity contribution in [3.8, 4) is 0 Å². The Balaban J connectivity index is 1.51. The van der Waals surface area contributed by atoms with Gasteiger partial charge in [-0.05, 0) is 48.1 Å². The standard InChI is InChI=1S/C27H28F2N2O/c1-19-13-21(11-12-25(19)28)23-14-24(18-31(17-23)16-20-7-3-2-4-8-20)27(32)30-15-22-9-5-6-10-26(22)29/h2-13,23-24H,14-18H2,1H3,(H,30,32). The highest BCUT2D eigenvalue weighted by atomic mass is 19.1. The van der Waals surface area contributed by atoms with Crippen LogP contribution in [-0.2, 0) is 17.9 Å². The molecule has 0 aliphatic carbocycles. The lowest BCUT2D eigenvalue weighted by atomic mass is 9.83. The number of nitrogens with zero attached hydrogens (tertiary/aromatic N) is 1. The highest BCUT2D eigenvalue weighted by Gasteiger charge is 2.32. The number of benzene rings is 3. The molecule has 32 heavy (non-hydrogen) atoms. The highest BCUT2D eigenvalue weighted by Crippen LogP contribution is 2.32. The minimum Gasteiger partial charge on any atom is -0.352 e. The maximum atomic E-state index is 14.0. The molecule has 1 aliphatic heterocycles. The molecular formula is C27H28F2N2O. The van der Waals surface area contributed by atoms with E-state index in [0.29, 0.717) is 24.1 Å². The summed E-state index contributed by atoms with van der Waals surface area (Å²) >= 11 is 0. The number of carbonyl (C=O) groups excluding carboxylic acids is 1. The van der Waals surface area contributed by atoms with Crippen molar-refractivity contribution in [2.24, 2.45) is 5.92 Å². The van der Waals surface area contributed by atoms with Gasteiger partial charge in [0.15, 0.2) is 0 Å². The van der Waals surface area contributed by atoms with Crippen molar-refractivity contribution >= 4 is 5.91 Å². The van der Waals surface area contributed by atoms with Crippen molar-refractivity contribution in [2.45, 2.75) is 32.4 Å². The van der Waals surface area contributed by atoms with E-state index < -0.39 is 0 Å². The monoisotopic (exact) mass is 434 g/mol. The van der Waals surface area contributed by atoms with Gasteiger partial charge in [-0.1, -0.05) is 60.7 Å². The van der Waals surface area contributed by atoms with Gasteiger partial charge in [0.2, 0.25) is 5.91 Å². The van der Waals surface area contributed by atoms with Gasteiger partial charge in [-0.3, -0.25) is 9.69 Å². The molecule has 0 aromatic heterocycles. The number of likely N-dealkylation sites (tertiary alicyclic amines) is 1. The van der Waals surface area contributed by atoms with Crippen LogP contribution >= 0.6 is 0 Å². The molecule has 4 rings (SSSR count). The van der Waals surface area contributed by atoms with Crippen LogP contribution in [0.3, 0.4) is 0 Å². The maximum absolute atomic E-state index is 14.0. The SMILES string of the molecule is Cc1cc(C2CC(C(=O)NCc3ccccc3F)CN(Cc3ccccc3)C2)ccc1F. The summed E-state index contributed by atoms with van der Waals surface area (Å²) in [7, 11) is 0. The van der Waals surface area contributed by atoms with E-state index in [1.54, 1.807) is 25.1 Å². The van der Waals surface area contributed by atoms with Crippen LogP contribution in [0.1, 0.15) is 34.6 Å². The van der Waals surface area contributed by atoms with Crippen molar-refractivity contribution in [3.05, 3.63) is 107 Å². The largest absolute Gasteiger partial charge is 0.352 e. The van der Waals surface area contributed by atoms with Gasteiger partial charge in [0.1, 0.15) is 11.6 Å². The molecule has 0 bridgehead atoms. The van der Waals surface area contributed by atoms with Gasteiger partial charge in [0, 0.05) is 31.7 Å². The van der Waals surface area contributed by atoms with Crippen LogP contribution in [0.15, 0.2) is 72.8 Å². The lowest BCUT2D eigenvalue weighted by Gasteiger charge is -2.37. The van der Waals surface area contributed by atoms with Crippen LogP contribution in [0.4, 0.5) is 8.78 Å². The van der Waals surface area contributed by atoms with Gasteiger partial charge >= 0.3 is 0 Å². The summed E-state index contributed by atoms with van der Waals surface area (Å²) in [6, 6.07) is 21.9. The molecule has 5 heteroatoms. The molecule has 1 N–H and O–H groups in total. The lowest BCUT2D eigenvalue weighted by molar-refractivity contribution is -0.127. The van der Waals surface area contributed by atoms with E-state index >= 15 is 0 Å². The van der Waals surface area contributed by atoms with E-state index in [0.717, 1.165) is 18.7 Å². The number of aryl methyl sites for hydroxylation is 1. The van der Waals surface area contributed by atoms with Crippen molar-refractivity contribution in [1.82, 2.24) is 10.2 Å².